The Hall–Kier alpha value is -1.92. The summed E-state index contributed by atoms with van der Waals surface area (Å²) in [5.41, 5.74) is 1.03. The van der Waals surface area contributed by atoms with Crippen LogP contribution in [0.25, 0.3) is 0 Å². The van der Waals surface area contributed by atoms with Crippen LogP contribution >= 0.6 is 0 Å². The zero-order valence-electron chi connectivity index (χ0n) is 11.6. The van der Waals surface area contributed by atoms with E-state index in [1.54, 1.807) is 14.2 Å². The van der Waals surface area contributed by atoms with Gasteiger partial charge in [-0.25, -0.2) is 0 Å². The van der Waals surface area contributed by atoms with E-state index in [1.165, 1.54) is 0 Å². The Morgan fingerprint density at radius 3 is 1.32 bits per heavy atom. The predicted molar refractivity (Wildman–Crippen MR) is 63.8 cm³/mol. The third kappa shape index (κ3) is 20.4. The van der Waals surface area contributed by atoms with Crippen LogP contribution in [0.4, 0.5) is 0 Å². The van der Waals surface area contributed by atoms with Crippen molar-refractivity contribution in [2.45, 2.75) is 0 Å². The molecule has 0 radical (unpaired) electrons. The van der Waals surface area contributed by atoms with Gasteiger partial charge in [0.25, 0.3) is 0 Å². The molecule has 0 heterocycles. The zero-order chi connectivity index (χ0) is 19.0. The van der Waals surface area contributed by atoms with Crippen LogP contribution in [0.5, 0.6) is 5.75 Å². The number of benzene rings is 1. The summed E-state index contributed by atoms with van der Waals surface area (Å²) in [6.45, 7) is 22.5. The fourth-order valence-electron chi connectivity index (χ4n) is 0.845. The van der Waals surface area contributed by atoms with Crippen molar-refractivity contribution in [1.29, 1.82) is 0 Å². The third-order valence-electron chi connectivity index (χ3n) is 1.51. The van der Waals surface area contributed by atoms with Gasteiger partial charge in [-0.2, -0.15) is 0 Å². The fourth-order valence-corrected chi connectivity index (χ4v) is 1.06. The molecule has 1 rings (SSSR count). The second-order valence-electron chi connectivity index (χ2n) is 2.22. The molecule has 7 nitrogen and oxygen atoms in total. The van der Waals surface area contributed by atoms with Crippen molar-refractivity contribution in [3.05, 3.63) is 63.1 Å². The first-order chi connectivity index (χ1) is 10.8. The summed E-state index contributed by atoms with van der Waals surface area (Å²) in [5, 5.41) is 0. The summed E-state index contributed by atoms with van der Waals surface area (Å²) in [6.07, 6.45) is 0. The second-order valence-corrected chi connectivity index (χ2v) is 2.80. The Bertz CT molecular complexity index is 420. The van der Waals surface area contributed by atoms with E-state index in [0.717, 1.165) is 15.9 Å². The van der Waals surface area contributed by atoms with E-state index >= 15 is 0 Å². The van der Waals surface area contributed by atoms with Gasteiger partial charge in [-0.3, -0.25) is 0 Å². The molecule has 0 N–H and O–H groups in total. The molecular weight excluding hydrogens is 332 g/mol. The van der Waals surface area contributed by atoms with Crippen LogP contribution in [0.1, 0.15) is 5.56 Å². The Morgan fingerprint density at radius 1 is 0.773 bits per heavy atom. The van der Waals surface area contributed by atoms with E-state index in [9.17, 15) is 0 Å². The summed E-state index contributed by atoms with van der Waals surface area (Å²) < 4.78 is 48.3. The van der Waals surface area contributed by atoms with Crippen molar-refractivity contribution in [3.8, 4) is 5.75 Å². The van der Waals surface area contributed by atoms with Crippen LogP contribution in [-0.4, -0.2) is 18.8 Å². The van der Waals surface area contributed by atoms with Gasteiger partial charge in [0.05, 0.1) is 0 Å². The maximum atomic E-state index is 7.50. The van der Waals surface area contributed by atoms with Crippen molar-refractivity contribution in [2.24, 2.45) is 0 Å². The summed E-state index contributed by atoms with van der Waals surface area (Å²) in [6, 6.07) is 7.67. The molecule has 0 aliphatic heterocycles. The molecule has 1 aromatic carbocycles. The van der Waals surface area contributed by atoms with Crippen LogP contribution in [0, 0.1) is 33.3 Å². The second kappa shape index (κ2) is 36.5. The van der Waals surface area contributed by atoms with Crippen molar-refractivity contribution in [2.75, 3.05) is 14.2 Å². The zero-order valence-corrected chi connectivity index (χ0v) is 12.9. The molecule has 0 bridgehead atoms. The molecule has 0 fully saturated rings. The van der Waals surface area contributed by atoms with Gasteiger partial charge in [0.15, 0.2) is 0 Å². The molecule has 0 aromatic heterocycles. The Kier molecular flexibility index (Phi) is 53.3. The average Bonchev–Trinajstić information content (AvgIpc) is 2.69. The normalized spacial score (nSPS) is 5.64. The molecule has 0 saturated heterocycles. The fraction of sp³-hybridized carbons (Fsp3) is 0.143. The number of rotatable bonds is 3. The quantitative estimate of drug-likeness (QED) is 0.605. The van der Waals surface area contributed by atoms with E-state index in [1.807, 2.05) is 24.3 Å². The molecule has 0 atom stereocenters. The molecular formula is C14H10CrO7. The van der Waals surface area contributed by atoms with Gasteiger partial charge in [0.1, 0.15) is 0 Å². The Balaban J connectivity index is -0.0000000822. The molecule has 1 aromatic rings. The van der Waals surface area contributed by atoms with Crippen molar-refractivity contribution >= 4 is 4.57 Å². The molecule has 114 valence electrons. The number of hydrogen-bond donors (Lipinski definition) is 0. The van der Waals surface area contributed by atoms with Crippen molar-refractivity contribution in [3.63, 3.8) is 0 Å². The van der Waals surface area contributed by atoms with E-state index in [-0.39, 0.29) is 0 Å². The van der Waals surface area contributed by atoms with E-state index in [2.05, 4.69) is 49.1 Å². The van der Waals surface area contributed by atoms with Gasteiger partial charge >= 0.3 is 136 Å². The van der Waals surface area contributed by atoms with Gasteiger partial charge in [0.2, 0.25) is 0 Å². The molecule has 8 heteroatoms. The van der Waals surface area contributed by atoms with Crippen LogP contribution in [-0.2, 0) is 43.8 Å². The number of methoxy groups -OCH3 is 2. The summed E-state index contributed by atoms with van der Waals surface area (Å²) in [7, 11) is 3.28. The van der Waals surface area contributed by atoms with Crippen LogP contribution in [0.15, 0.2) is 24.3 Å². The van der Waals surface area contributed by atoms with Crippen molar-refractivity contribution < 1.29 is 48.6 Å². The first-order valence-corrected chi connectivity index (χ1v) is 5.16. The van der Waals surface area contributed by atoms with Gasteiger partial charge < -0.3 is 0 Å². The minimum absolute atomic E-state index is 0.789. The number of hydrogen-bond acceptors (Lipinski definition) is 2. The van der Waals surface area contributed by atoms with Crippen LogP contribution in [0.2, 0.25) is 0 Å². The first kappa shape index (κ1) is 32.1. The standard InChI is InChI=1S/C9H10O2.5CO.Cr/c1-10-7-8-3-5-9(11-2)6-4-8;5*1-2;/h3-6H,1-2H3;;;;;;. The van der Waals surface area contributed by atoms with Gasteiger partial charge in [-0.1, -0.05) is 0 Å². The summed E-state index contributed by atoms with van der Waals surface area (Å²) in [5.74, 6) is 0.850. The Labute approximate surface area is 136 Å². The average molecular weight is 342 g/mol. The maximum absolute atomic E-state index is 7.50. The predicted octanol–water partition coefficient (Wildman–Crippen LogP) is 1.18. The Morgan fingerprint density at radius 2 is 1.09 bits per heavy atom. The number of ether oxygens (including phenoxy) is 2. The molecule has 0 spiro atoms. The van der Waals surface area contributed by atoms with E-state index in [0.29, 0.717) is 0 Å². The van der Waals surface area contributed by atoms with Gasteiger partial charge in [-0.05, 0) is 0 Å². The minimum atomic E-state index is 0.789. The summed E-state index contributed by atoms with van der Waals surface area (Å²) >= 11 is 2.83. The summed E-state index contributed by atoms with van der Waals surface area (Å²) in [4.78, 5) is 0. The molecule has 22 heavy (non-hydrogen) atoms. The first-order valence-electron chi connectivity index (χ1n) is 4.52. The van der Waals surface area contributed by atoms with Crippen molar-refractivity contribution in [1.82, 2.24) is 0 Å². The van der Waals surface area contributed by atoms with Gasteiger partial charge in [0, 0.05) is 0 Å². The third-order valence-corrected chi connectivity index (χ3v) is 2.14. The van der Waals surface area contributed by atoms with Crippen LogP contribution in [0.3, 0.4) is 0 Å². The van der Waals surface area contributed by atoms with Crippen LogP contribution < -0.4 is 4.74 Å². The SMILES string of the molecule is CO[C](=[Cr])c1ccc(OC)cc1.[C-]#[O+].[C-]#[O+].[C-]#[O+].[C-]#[O+].[C-]#[O+]. The molecule has 0 amide bonds. The molecule has 0 aliphatic rings. The van der Waals surface area contributed by atoms with E-state index in [4.69, 9.17) is 32.7 Å². The molecule has 0 saturated carbocycles. The molecule has 0 aliphatic carbocycles. The van der Waals surface area contributed by atoms with E-state index < -0.39 is 0 Å². The van der Waals surface area contributed by atoms with Gasteiger partial charge in [-0.15, -0.1) is 0 Å². The molecule has 0 unspecified atom stereocenters. The monoisotopic (exact) mass is 342 g/mol. The topological polar surface area (TPSA) is 118 Å².